The highest BCUT2D eigenvalue weighted by atomic mass is 32.2. The summed E-state index contributed by atoms with van der Waals surface area (Å²) in [5.41, 5.74) is 0. The highest BCUT2D eigenvalue weighted by Gasteiger charge is 2.08. The molecule has 0 unspecified atom stereocenters. The van der Waals surface area contributed by atoms with Gasteiger partial charge >= 0.3 is 5.91 Å². The van der Waals surface area contributed by atoms with Crippen LogP contribution in [0.4, 0.5) is 0 Å². The van der Waals surface area contributed by atoms with Gasteiger partial charge in [0.15, 0.2) is 5.17 Å². The van der Waals surface area contributed by atoms with Crippen LogP contribution in [0.2, 0.25) is 0 Å². The lowest BCUT2D eigenvalue weighted by molar-refractivity contribution is -0.114. The lowest BCUT2D eigenvalue weighted by Crippen LogP contribution is -2.25. The Bertz CT molecular complexity index is 249. The monoisotopic (exact) mass is 168 g/mol. The number of hydrogen-bond donors (Lipinski definition) is 1. The maximum Gasteiger partial charge on any atom is 0.301 e. The van der Waals surface area contributed by atoms with Gasteiger partial charge in [0.2, 0.25) is 0 Å². The van der Waals surface area contributed by atoms with Crippen molar-refractivity contribution in [3.05, 3.63) is 0 Å². The van der Waals surface area contributed by atoms with Gasteiger partial charge in [0, 0.05) is 5.75 Å². The predicted molar refractivity (Wildman–Crippen MR) is 46.4 cm³/mol. The maximum atomic E-state index is 10.8. The van der Waals surface area contributed by atoms with E-state index in [4.69, 9.17) is 0 Å². The first-order chi connectivity index (χ1) is 5.33. The maximum absolute atomic E-state index is 10.8. The molecular weight excluding hydrogens is 160 g/mol. The molecule has 0 fully saturated rings. The van der Waals surface area contributed by atoms with Crippen LogP contribution >= 0.6 is 11.8 Å². The van der Waals surface area contributed by atoms with Gasteiger partial charge in [0.1, 0.15) is 0 Å². The van der Waals surface area contributed by atoms with Crippen molar-refractivity contribution in [2.24, 2.45) is 4.99 Å². The SMILES string of the molecule is CC#CC(=O)NC1=NCCS1. The third kappa shape index (κ3) is 2.64. The lowest BCUT2D eigenvalue weighted by atomic mass is 10.6. The molecule has 11 heavy (non-hydrogen) atoms. The Balaban J connectivity index is 2.39. The van der Waals surface area contributed by atoms with E-state index in [1.165, 1.54) is 0 Å². The molecule has 0 spiro atoms. The molecule has 0 aromatic rings. The average Bonchev–Trinajstić information content (AvgIpc) is 2.40. The summed E-state index contributed by atoms with van der Waals surface area (Å²) in [5.74, 6) is 5.57. The Morgan fingerprint density at radius 2 is 2.64 bits per heavy atom. The molecule has 1 aliphatic heterocycles. The summed E-state index contributed by atoms with van der Waals surface area (Å²) in [6.07, 6.45) is 0. The zero-order valence-corrected chi connectivity index (χ0v) is 6.99. The van der Waals surface area contributed by atoms with Crippen molar-refractivity contribution in [3.63, 3.8) is 0 Å². The molecule has 58 valence electrons. The van der Waals surface area contributed by atoms with Crippen molar-refractivity contribution in [1.29, 1.82) is 0 Å². The van der Waals surface area contributed by atoms with E-state index in [9.17, 15) is 4.79 Å². The van der Waals surface area contributed by atoms with Crippen LogP contribution < -0.4 is 5.32 Å². The third-order valence-corrected chi connectivity index (χ3v) is 1.94. The third-order valence-electron chi connectivity index (χ3n) is 1.04. The summed E-state index contributed by atoms with van der Waals surface area (Å²) >= 11 is 1.55. The van der Waals surface area contributed by atoms with Gasteiger partial charge in [-0.25, -0.2) is 0 Å². The fraction of sp³-hybridized carbons (Fsp3) is 0.429. The molecule has 0 aromatic carbocycles. The number of amides is 1. The standard InChI is InChI=1S/C7H8N2OS/c1-2-3-6(10)9-7-8-4-5-11-7/h4-5H2,1H3,(H,8,9,10). The molecule has 1 amide bonds. The molecule has 3 nitrogen and oxygen atoms in total. The smallest absolute Gasteiger partial charge is 0.294 e. The Hall–Kier alpha value is -0.950. The number of hydrogen-bond acceptors (Lipinski definition) is 3. The van der Waals surface area contributed by atoms with Crippen molar-refractivity contribution < 1.29 is 4.79 Å². The minimum atomic E-state index is -0.277. The molecule has 1 rings (SSSR count). The van der Waals surface area contributed by atoms with Crippen LogP contribution in [-0.4, -0.2) is 23.4 Å². The van der Waals surface area contributed by atoms with Crippen molar-refractivity contribution in [1.82, 2.24) is 5.32 Å². The van der Waals surface area contributed by atoms with E-state index < -0.39 is 0 Å². The second-order valence-electron chi connectivity index (χ2n) is 1.86. The van der Waals surface area contributed by atoms with Crippen molar-refractivity contribution in [2.75, 3.05) is 12.3 Å². The number of amidine groups is 1. The normalized spacial score (nSPS) is 14.8. The summed E-state index contributed by atoms with van der Waals surface area (Å²) in [6.45, 7) is 2.42. The summed E-state index contributed by atoms with van der Waals surface area (Å²) < 4.78 is 0. The van der Waals surface area contributed by atoms with Gasteiger partial charge in [-0.1, -0.05) is 17.7 Å². The molecule has 0 radical (unpaired) electrons. The van der Waals surface area contributed by atoms with Gasteiger partial charge in [0.05, 0.1) is 6.54 Å². The molecule has 0 saturated carbocycles. The summed E-state index contributed by atoms with van der Waals surface area (Å²) in [7, 11) is 0. The van der Waals surface area contributed by atoms with Gasteiger partial charge < -0.3 is 0 Å². The average molecular weight is 168 g/mol. The quantitative estimate of drug-likeness (QED) is 0.526. The summed E-state index contributed by atoms with van der Waals surface area (Å²) in [6, 6.07) is 0. The van der Waals surface area contributed by atoms with Crippen molar-refractivity contribution in [3.8, 4) is 11.8 Å². The topological polar surface area (TPSA) is 41.5 Å². The highest BCUT2D eigenvalue weighted by molar-refractivity contribution is 8.14. The second kappa shape index (κ2) is 4.04. The van der Waals surface area contributed by atoms with E-state index >= 15 is 0 Å². The fourth-order valence-electron chi connectivity index (χ4n) is 0.653. The zero-order chi connectivity index (χ0) is 8.10. The minimum Gasteiger partial charge on any atom is -0.294 e. The highest BCUT2D eigenvalue weighted by Crippen LogP contribution is 2.08. The van der Waals surface area contributed by atoms with Gasteiger partial charge in [-0.2, -0.15) is 0 Å². The summed E-state index contributed by atoms with van der Waals surface area (Å²) in [4.78, 5) is 14.9. The van der Waals surface area contributed by atoms with Crippen LogP contribution in [0.5, 0.6) is 0 Å². The zero-order valence-electron chi connectivity index (χ0n) is 6.18. The van der Waals surface area contributed by atoms with Gasteiger partial charge in [-0.3, -0.25) is 15.1 Å². The number of carbonyl (C=O) groups excluding carboxylic acids is 1. The van der Waals surface area contributed by atoms with E-state index in [0.29, 0.717) is 5.17 Å². The number of carbonyl (C=O) groups is 1. The van der Waals surface area contributed by atoms with Gasteiger partial charge in [0.25, 0.3) is 0 Å². The number of nitrogens with zero attached hydrogens (tertiary/aromatic N) is 1. The first-order valence-electron chi connectivity index (χ1n) is 3.24. The van der Waals surface area contributed by atoms with Crippen LogP contribution in [0, 0.1) is 11.8 Å². The first-order valence-corrected chi connectivity index (χ1v) is 4.22. The molecule has 0 bridgehead atoms. The number of aliphatic imine (C=N–C) groups is 1. The van der Waals surface area contributed by atoms with E-state index in [-0.39, 0.29) is 5.91 Å². The molecule has 1 heterocycles. The second-order valence-corrected chi connectivity index (χ2v) is 2.95. The van der Waals surface area contributed by atoms with E-state index in [0.717, 1.165) is 12.3 Å². The van der Waals surface area contributed by atoms with Crippen molar-refractivity contribution >= 4 is 22.8 Å². The molecule has 0 aliphatic carbocycles. The van der Waals surface area contributed by atoms with E-state index in [2.05, 4.69) is 22.2 Å². The predicted octanol–water partition coefficient (Wildman–Crippen LogP) is 0.229. The molecule has 0 aromatic heterocycles. The van der Waals surface area contributed by atoms with Gasteiger partial charge in [-0.15, -0.1) is 0 Å². The number of thioether (sulfide) groups is 1. The fourth-order valence-corrected chi connectivity index (χ4v) is 1.38. The molecular formula is C7H8N2OS. The molecule has 0 atom stereocenters. The van der Waals surface area contributed by atoms with Crippen LogP contribution in [0.3, 0.4) is 0 Å². The molecule has 0 saturated heterocycles. The Labute approximate surface area is 69.7 Å². The molecule has 4 heteroatoms. The van der Waals surface area contributed by atoms with E-state index in [1.807, 2.05) is 0 Å². The number of rotatable bonds is 0. The Morgan fingerprint density at radius 1 is 1.82 bits per heavy atom. The molecule has 1 N–H and O–H groups in total. The van der Waals surface area contributed by atoms with Gasteiger partial charge in [-0.05, 0) is 12.8 Å². The lowest BCUT2D eigenvalue weighted by Gasteiger charge is -1.95. The van der Waals surface area contributed by atoms with Crippen LogP contribution in [0.15, 0.2) is 4.99 Å². The number of nitrogens with one attached hydrogen (secondary N) is 1. The summed E-state index contributed by atoms with van der Waals surface area (Å²) in [5, 5.41) is 3.27. The Morgan fingerprint density at radius 3 is 3.18 bits per heavy atom. The van der Waals surface area contributed by atoms with Crippen LogP contribution in [0.25, 0.3) is 0 Å². The molecule has 1 aliphatic rings. The van der Waals surface area contributed by atoms with Crippen LogP contribution in [-0.2, 0) is 4.79 Å². The first kappa shape index (κ1) is 8.15. The largest absolute Gasteiger partial charge is 0.301 e. The minimum absolute atomic E-state index is 0.277. The Kier molecular flexibility index (Phi) is 2.99. The van der Waals surface area contributed by atoms with E-state index in [1.54, 1.807) is 18.7 Å². The van der Waals surface area contributed by atoms with Crippen molar-refractivity contribution in [2.45, 2.75) is 6.92 Å². The van der Waals surface area contributed by atoms with Crippen LogP contribution in [0.1, 0.15) is 6.92 Å².